The van der Waals surface area contributed by atoms with Crippen LogP contribution in [0, 0.1) is 0 Å². The minimum absolute atomic E-state index is 0. The topological polar surface area (TPSA) is 57.5 Å². The molecule has 0 saturated carbocycles. The van der Waals surface area contributed by atoms with E-state index in [1.165, 1.54) is 0 Å². The van der Waals surface area contributed by atoms with Crippen LogP contribution in [0.15, 0.2) is 0 Å². The molecular weight excluding hydrogens is 152 g/mol. The van der Waals surface area contributed by atoms with E-state index in [0.717, 1.165) is 0 Å². The van der Waals surface area contributed by atoms with E-state index in [0.29, 0.717) is 0 Å². The Bertz CT molecular complexity index is 59.1. The van der Waals surface area contributed by atoms with Crippen LogP contribution in [-0.2, 0) is 4.57 Å². The molecule has 0 radical (unpaired) electrons. The molecule has 0 aliphatic carbocycles. The van der Waals surface area contributed by atoms with E-state index in [1.807, 2.05) is 0 Å². The number of hydrogen-bond acceptors (Lipinski definition) is 1. The van der Waals surface area contributed by atoms with Gasteiger partial charge < -0.3 is 0 Å². The first-order valence-corrected chi connectivity index (χ1v) is 2.25. The van der Waals surface area contributed by atoms with E-state index in [2.05, 4.69) is 0 Å². The Labute approximate surface area is 61.5 Å². The quantitative estimate of drug-likeness (QED) is 0.357. The Morgan fingerprint density at radius 3 is 1.29 bits per heavy atom. The maximum Gasteiger partial charge on any atom is 3.00 e. The fourth-order valence-electron chi connectivity index (χ4n) is 0. The summed E-state index contributed by atoms with van der Waals surface area (Å²) in [6.07, 6.45) is 0. The molecule has 0 bridgehead atoms. The largest absolute Gasteiger partial charge is 3.00 e. The Balaban J connectivity index is -0.0000000800. The molecule has 0 aliphatic rings. The van der Waals surface area contributed by atoms with Gasteiger partial charge in [0.05, 0.1) is 0 Å². The van der Waals surface area contributed by atoms with Gasteiger partial charge in [-0.05, 0) is 0 Å². The SMILES string of the molecule is O=P(O)(O)F.[Al+3].[Al+3]. The summed E-state index contributed by atoms with van der Waals surface area (Å²) in [6, 6.07) is 0. The van der Waals surface area contributed by atoms with Gasteiger partial charge in [0, 0.05) is 0 Å². The molecule has 0 spiro atoms. The van der Waals surface area contributed by atoms with Crippen molar-refractivity contribution in [3.63, 3.8) is 0 Å². The van der Waals surface area contributed by atoms with Gasteiger partial charge in [0.2, 0.25) is 0 Å². The van der Waals surface area contributed by atoms with Gasteiger partial charge in [0.15, 0.2) is 0 Å². The maximum atomic E-state index is 10.4. The van der Waals surface area contributed by atoms with E-state index in [-0.39, 0.29) is 34.7 Å². The predicted octanol–water partition coefficient (Wildman–Crippen LogP) is -0.713. The van der Waals surface area contributed by atoms with Crippen molar-refractivity contribution in [1.82, 2.24) is 0 Å². The van der Waals surface area contributed by atoms with Gasteiger partial charge in [0.1, 0.15) is 0 Å². The molecule has 0 fully saturated rings. The second-order valence-electron chi connectivity index (χ2n) is 0.473. The third kappa shape index (κ3) is 144. The van der Waals surface area contributed by atoms with Gasteiger partial charge in [-0.15, -0.1) is 4.20 Å². The van der Waals surface area contributed by atoms with Gasteiger partial charge >= 0.3 is 42.6 Å². The molecular formula is H2Al2FO3P+6. The molecule has 0 amide bonds. The van der Waals surface area contributed by atoms with Crippen LogP contribution in [0.2, 0.25) is 0 Å². The fraction of sp³-hybridized carbons (Fsp3) is 0. The molecule has 7 heavy (non-hydrogen) atoms. The molecule has 0 heterocycles. The average Bonchev–Trinajstić information content (AvgIpc) is 0.722. The first-order valence-electron chi connectivity index (χ1n) is 0.752. The van der Waals surface area contributed by atoms with Crippen LogP contribution in [0.3, 0.4) is 0 Å². The zero-order valence-corrected chi connectivity index (χ0v) is 6.49. The summed E-state index contributed by atoms with van der Waals surface area (Å²) in [5.41, 5.74) is 0. The molecule has 3 nitrogen and oxygen atoms in total. The van der Waals surface area contributed by atoms with E-state index in [9.17, 15) is 4.20 Å². The van der Waals surface area contributed by atoms with Crippen LogP contribution in [-0.4, -0.2) is 44.5 Å². The summed E-state index contributed by atoms with van der Waals surface area (Å²) < 4.78 is 19.0. The average molecular weight is 154 g/mol. The van der Waals surface area contributed by atoms with Crippen molar-refractivity contribution in [2.45, 2.75) is 0 Å². The summed E-state index contributed by atoms with van der Waals surface area (Å²) in [7, 11) is -5.14. The zero-order valence-electron chi connectivity index (χ0n) is 3.28. The molecule has 7 heteroatoms. The second-order valence-corrected chi connectivity index (χ2v) is 1.42. The number of rotatable bonds is 0. The van der Waals surface area contributed by atoms with Crippen molar-refractivity contribution in [3.8, 4) is 0 Å². The van der Waals surface area contributed by atoms with Gasteiger partial charge in [-0.3, -0.25) is 9.79 Å². The van der Waals surface area contributed by atoms with Gasteiger partial charge in [-0.25, -0.2) is 4.57 Å². The summed E-state index contributed by atoms with van der Waals surface area (Å²) in [4.78, 5) is 13.9. The van der Waals surface area contributed by atoms with E-state index in [4.69, 9.17) is 14.4 Å². The third-order valence-electron chi connectivity index (χ3n) is 0. The zero-order chi connectivity index (χ0) is 4.50. The first-order chi connectivity index (χ1) is 2.00. The Morgan fingerprint density at radius 1 is 1.29 bits per heavy atom. The fourth-order valence-corrected chi connectivity index (χ4v) is 0. The summed E-state index contributed by atoms with van der Waals surface area (Å²) in [5, 5.41) is 0. The van der Waals surface area contributed by atoms with Crippen LogP contribution < -0.4 is 0 Å². The van der Waals surface area contributed by atoms with Crippen LogP contribution in [0.1, 0.15) is 0 Å². The number of hydrogen-bond donors (Lipinski definition) is 2. The predicted molar refractivity (Wildman–Crippen MR) is 24.7 cm³/mol. The minimum atomic E-state index is -5.14. The molecule has 32 valence electrons. The van der Waals surface area contributed by atoms with Gasteiger partial charge in [-0.2, -0.15) is 0 Å². The Hall–Kier alpha value is 1.14. The van der Waals surface area contributed by atoms with Crippen molar-refractivity contribution < 1.29 is 18.5 Å². The normalized spacial score (nSPS) is 8.43. The molecule has 0 aromatic rings. The molecule has 0 aliphatic heterocycles. The van der Waals surface area contributed by atoms with E-state index >= 15 is 0 Å². The molecule has 0 saturated heterocycles. The summed E-state index contributed by atoms with van der Waals surface area (Å²) in [6.45, 7) is 0. The summed E-state index contributed by atoms with van der Waals surface area (Å²) >= 11 is 0. The van der Waals surface area contributed by atoms with E-state index in [1.54, 1.807) is 0 Å². The van der Waals surface area contributed by atoms with Crippen LogP contribution in [0.4, 0.5) is 4.20 Å². The molecule has 0 atom stereocenters. The Kier molecular flexibility index (Phi) is 11.9. The van der Waals surface area contributed by atoms with Crippen LogP contribution in [0.25, 0.3) is 0 Å². The van der Waals surface area contributed by atoms with Crippen molar-refractivity contribution in [3.05, 3.63) is 0 Å². The summed E-state index contributed by atoms with van der Waals surface area (Å²) in [5.74, 6) is 0. The molecule has 2 N–H and O–H groups in total. The third-order valence-corrected chi connectivity index (χ3v) is 0. The van der Waals surface area contributed by atoms with Crippen molar-refractivity contribution in [2.24, 2.45) is 0 Å². The molecule has 0 aromatic carbocycles. The standard InChI is InChI=1S/2Al.FH2O3P/c;;1-5(2,3)4/h;;(H2,2,3,4)/q2*+3;. The number of halogens is 1. The molecule has 0 rings (SSSR count). The second kappa shape index (κ2) is 5.28. The van der Waals surface area contributed by atoms with Crippen molar-refractivity contribution >= 4 is 42.6 Å². The molecule has 0 aromatic heterocycles. The van der Waals surface area contributed by atoms with E-state index < -0.39 is 7.91 Å². The van der Waals surface area contributed by atoms with Crippen LogP contribution in [0.5, 0.6) is 0 Å². The van der Waals surface area contributed by atoms with Crippen molar-refractivity contribution in [2.75, 3.05) is 0 Å². The first kappa shape index (κ1) is 15.7. The van der Waals surface area contributed by atoms with Crippen molar-refractivity contribution in [1.29, 1.82) is 0 Å². The Morgan fingerprint density at radius 2 is 1.29 bits per heavy atom. The minimum Gasteiger partial charge on any atom is -0.299 e. The maximum absolute atomic E-state index is 10.4. The molecule has 0 unspecified atom stereocenters. The van der Waals surface area contributed by atoms with Gasteiger partial charge in [-0.1, -0.05) is 0 Å². The van der Waals surface area contributed by atoms with Gasteiger partial charge in [0.25, 0.3) is 0 Å². The van der Waals surface area contributed by atoms with Crippen LogP contribution >= 0.6 is 7.91 Å². The monoisotopic (exact) mass is 154 g/mol. The smallest absolute Gasteiger partial charge is 0.299 e.